The highest BCUT2D eigenvalue weighted by molar-refractivity contribution is 5.97. The number of ether oxygens (including phenoxy) is 1. The van der Waals surface area contributed by atoms with Crippen LogP contribution < -0.4 is 26.4 Å². The minimum absolute atomic E-state index is 0.0451. The number of anilines is 1. The van der Waals surface area contributed by atoms with Crippen molar-refractivity contribution in [2.24, 2.45) is 0 Å². The van der Waals surface area contributed by atoms with Gasteiger partial charge < -0.3 is 26.4 Å². The molecule has 1 aromatic heterocycles. The number of hydrogen-bond donors (Lipinski definition) is 4. The van der Waals surface area contributed by atoms with Crippen LogP contribution in [-0.4, -0.2) is 48.0 Å². The van der Waals surface area contributed by atoms with Crippen molar-refractivity contribution < 1.29 is 14.3 Å². The molecule has 0 bridgehead atoms. The van der Waals surface area contributed by atoms with E-state index in [-0.39, 0.29) is 29.4 Å². The van der Waals surface area contributed by atoms with Crippen LogP contribution in [0, 0.1) is 0 Å². The number of methoxy groups -OCH3 is 1. The molecular formula is C25H28N6O3. The van der Waals surface area contributed by atoms with E-state index in [2.05, 4.69) is 25.9 Å². The maximum atomic E-state index is 12.8. The molecule has 1 aliphatic rings. The summed E-state index contributed by atoms with van der Waals surface area (Å²) in [4.78, 5) is 33.9. The predicted octanol–water partition coefficient (Wildman–Crippen LogP) is 2.15. The minimum atomic E-state index is -0.330. The monoisotopic (exact) mass is 460 g/mol. The van der Waals surface area contributed by atoms with Crippen LogP contribution in [0.25, 0.3) is 11.3 Å². The Balaban J connectivity index is 1.44. The Labute approximate surface area is 198 Å². The van der Waals surface area contributed by atoms with E-state index in [1.54, 1.807) is 37.6 Å². The summed E-state index contributed by atoms with van der Waals surface area (Å²) >= 11 is 0. The van der Waals surface area contributed by atoms with Gasteiger partial charge in [-0.3, -0.25) is 9.59 Å². The topological polar surface area (TPSA) is 131 Å². The summed E-state index contributed by atoms with van der Waals surface area (Å²) in [6, 6.07) is 14.5. The maximum Gasteiger partial charge on any atom is 0.274 e. The number of nitrogen functional groups attached to an aromatic ring is 1. The van der Waals surface area contributed by atoms with Crippen LogP contribution >= 0.6 is 0 Å². The first-order valence-electron chi connectivity index (χ1n) is 11.2. The lowest BCUT2D eigenvalue weighted by Gasteiger charge is -2.23. The first kappa shape index (κ1) is 23.2. The molecule has 9 heteroatoms. The van der Waals surface area contributed by atoms with Crippen molar-refractivity contribution in [3.05, 3.63) is 71.5 Å². The van der Waals surface area contributed by atoms with Gasteiger partial charge in [0.05, 0.1) is 19.0 Å². The quantitative estimate of drug-likeness (QED) is 0.425. The highest BCUT2D eigenvalue weighted by Gasteiger charge is 2.20. The molecule has 2 heterocycles. The number of hydrogen-bond acceptors (Lipinski definition) is 7. The van der Waals surface area contributed by atoms with Gasteiger partial charge in [0.2, 0.25) is 0 Å². The first-order valence-corrected chi connectivity index (χ1v) is 11.2. The molecule has 1 saturated heterocycles. The van der Waals surface area contributed by atoms with Crippen LogP contribution in [0.4, 0.5) is 5.82 Å². The Hall–Kier alpha value is -3.98. The Morgan fingerprint density at radius 3 is 2.74 bits per heavy atom. The van der Waals surface area contributed by atoms with Gasteiger partial charge in [-0.15, -0.1) is 0 Å². The fraction of sp³-hybridized carbons (Fsp3) is 0.280. The molecule has 2 amide bonds. The van der Waals surface area contributed by atoms with E-state index in [1.165, 1.54) is 0 Å². The summed E-state index contributed by atoms with van der Waals surface area (Å²) in [6.45, 7) is 2.02. The van der Waals surface area contributed by atoms with Gasteiger partial charge in [-0.05, 0) is 55.3 Å². The van der Waals surface area contributed by atoms with Crippen LogP contribution in [0.5, 0.6) is 5.75 Å². The summed E-state index contributed by atoms with van der Waals surface area (Å²) < 4.78 is 5.12. The standard InChI is InChI=1S/C25H28N6O3/c1-34-20-9-7-17(8-10-20)24(32)29-13-16-4-2-5-18(12-16)21-15-28-23(26)22(31-21)25(33)30-19-6-3-11-27-14-19/h2,4-5,7-10,12,15,19,27H,3,6,11,13-14H2,1H3,(H2,26,28)(H,29,32)(H,30,33). The van der Waals surface area contributed by atoms with E-state index in [0.717, 1.165) is 37.1 Å². The number of amides is 2. The van der Waals surface area contributed by atoms with Gasteiger partial charge >= 0.3 is 0 Å². The molecule has 2 aromatic carbocycles. The first-order chi connectivity index (χ1) is 16.5. The normalized spacial score (nSPS) is 15.4. The molecule has 0 saturated carbocycles. The number of nitrogens with zero attached hydrogens (tertiary/aromatic N) is 2. The Bertz CT molecular complexity index is 1160. The number of nitrogens with one attached hydrogen (secondary N) is 3. The van der Waals surface area contributed by atoms with Gasteiger partial charge in [-0.1, -0.05) is 18.2 Å². The summed E-state index contributed by atoms with van der Waals surface area (Å²) in [5, 5.41) is 9.16. The number of benzene rings is 2. The second-order valence-corrected chi connectivity index (χ2v) is 8.12. The van der Waals surface area contributed by atoms with Gasteiger partial charge in [0, 0.05) is 30.3 Å². The molecule has 9 nitrogen and oxygen atoms in total. The summed E-state index contributed by atoms with van der Waals surface area (Å²) in [6.07, 6.45) is 3.47. The second-order valence-electron chi connectivity index (χ2n) is 8.12. The third-order valence-electron chi connectivity index (χ3n) is 5.68. The van der Waals surface area contributed by atoms with E-state index in [4.69, 9.17) is 10.5 Å². The molecule has 0 radical (unpaired) electrons. The zero-order valence-electron chi connectivity index (χ0n) is 19.0. The number of carbonyl (C=O) groups is 2. The zero-order valence-corrected chi connectivity index (χ0v) is 19.0. The molecule has 1 unspecified atom stereocenters. The van der Waals surface area contributed by atoms with Crippen molar-refractivity contribution in [3.8, 4) is 17.0 Å². The van der Waals surface area contributed by atoms with E-state index >= 15 is 0 Å². The molecule has 4 rings (SSSR count). The lowest BCUT2D eigenvalue weighted by atomic mass is 10.1. The molecule has 3 aromatic rings. The largest absolute Gasteiger partial charge is 0.497 e. The molecule has 34 heavy (non-hydrogen) atoms. The van der Waals surface area contributed by atoms with Crippen molar-refractivity contribution in [1.82, 2.24) is 25.9 Å². The lowest BCUT2D eigenvalue weighted by Crippen LogP contribution is -2.46. The lowest BCUT2D eigenvalue weighted by molar-refractivity contribution is 0.0924. The van der Waals surface area contributed by atoms with Crippen molar-refractivity contribution in [1.29, 1.82) is 0 Å². The summed E-state index contributed by atoms with van der Waals surface area (Å²) in [5.74, 6) is 0.269. The fourth-order valence-electron chi connectivity index (χ4n) is 3.80. The van der Waals surface area contributed by atoms with Crippen LogP contribution in [-0.2, 0) is 6.54 Å². The van der Waals surface area contributed by atoms with Crippen LogP contribution in [0.2, 0.25) is 0 Å². The van der Waals surface area contributed by atoms with Gasteiger partial charge in [-0.2, -0.15) is 0 Å². The number of aromatic nitrogens is 2. The van der Waals surface area contributed by atoms with E-state index in [9.17, 15) is 9.59 Å². The average molecular weight is 461 g/mol. The van der Waals surface area contributed by atoms with E-state index in [1.807, 2.05) is 24.3 Å². The van der Waals surface area contributed by atoms with E-state index in [0.29, 0.717) is 23.6 Å². The number of rotatable bonds is 7. The third-order valence-corrected chi connectivity index (χ3v) is 5.68. The maximum absolute atomic E-state index is 12.8. The van der Waals surface area contributed by atoms with Crippen molar-refractivity contribution in [3.63, 3.8) is 0 Å². The average Bonchev–Trinajstić information content (AvgIpc) is 2.88. The number of nitrogens with two attached hydrogens (primary N) is 1. The highest BCUT2D eigenvalue weighted by atomic mass is 16.5. The molecular weight excluding hydrogens is 432 g/mol. The smallest absolute Gasteiger partial charge is 0.274 e. The van der Waals surface area contributed by atoms with Gasteiger partial charge in [0.25, 0.3) is 11.8 Å². The Morgan fingerprint density at radius 2 is 2.00 bits per heavy atom. The fourth-order valence-corrected chi connectivity index (χ4v) is 3.80. The SMILES string of the molecule is COc1ccc(C(=O)NCc2cccc(-c3cnc(N)c(C(=O)NC4CCCNC4)n3)c2)cc1. The van der Waals surface area contributed by atoms with E-state index < -0.39 is 0 Å². The van der Waals surface area contributed by atoms with Crippen LogP contribution in [0.3, 0.4) is 0 Å². The highest BCUT2D eigenvalue weighted by Crippen LogP contribution is 2.20. The number of piperidine rings is 1. The Morgan fingerprint density at radius 1 is 1.18 bits per heavy atom. The van der Waals surface area contributed by atoms with Crippen LogP contribution in [0.1, 0.15) is 39.3 Å². The summed E-state index contributed by atoms with van der Waals surface area (Å²) in [5.41, 5.74) is 8.80. The van der Waals surface area contributed by atoms with Gasteiger partial charge in [0.1, 0.15) is 5.75 Å². The molecule has 5 N–H and O–H groups in total. The molecule has 1 atom stereocenters. The Kier molecular flexibility index (Phi) is 7.34. The molecule has 1 aliphatic heterocycles. The third kappa shape index (κ3) is 5.68. The molecule has 1 fully saturated rings. The molecule has 0 spiro atoms. The second kappa shape index (κ2) is 10.8. The van der Waals surface area contributed by atoms with Crippen molar-refractivity contribution >= 4 is 17.6 Å². The predicted molar refractivity (Wildman–Crippen MR) is 129 cm³/mol. The van der Waals surface area contributed by atoms with Gasteiger partial charge in [-0.25, -0.2) is 9.97 Å². The van der Waals surface area contributed by atoms with Crippen molar-refractivity contribution in [2.75, 3.05) is 25.9 Å². The van der Waals surface area contributed by atoms with Crippen molar-refractivity contribution in [2.45, 2.75) is 25.4 Å². The van der Waals surface area contributed by atoms with Gasteiger partial charge in [0.15, 0.2) is 11.5 Å². The minimum Gasteiger partial charge on any atom is -0.497 e. The zero-order chi connectivity index (χ0) is 23.9. The molecule has 176 valence electrons. The number of carbonyl (C=O) groups excluding carboxylic acids is 2. The molecule has 0 aliphatic carbocycles. The summed E-state index contributed by atoms with van der Waals surface area (Å²) in [7, 11) is 1.58. The van der Waals surface area contributed by atoms with Crippen LogP contribution in [0.15, 0.2) is 54.7 Å².